The molecule has 2 nitrogen and oxygen atoms in total. The van der Waals surface area contributed by atoms with E-state index in [1.165, 1.54) is 0 Å². The van der Waals surface area contributed by atoms with Crippen LogP contribution in [-0.4, -0.2) is 5.11 Å². The molecule has 17 heavy (non-hydrogen) atoms. The van der Waals surface area contributed by atoms with Crippen molar-refractivity contribution < 1.29 is 5.11 Å². The summed E-state index contributed by atoms with van der Waals surface area (Å²) in [4.78, 5) is 0. The molecule has 0 saturated heterocycles. The lowest BCUT2D eigenvalue weighted by Gasteiger charge is -2.26. The first-order valence-electron chi connectivity index (χ1n) is 5.35. The molecular weight excluding hydrogens is 234 g/mol. The summed E-state index contributed by atoms with van der Waals surface area (Å²) in [6, 6.07) is 14.5. The zero-order valence-electron chi connectivity index (χ0n) is 9.52. The van der Waals surface area contributed by atoms with Gasteiger partial charge >= 0.3 is 0 Å². The molecule has 3 N–H and O–H groups in total. The maximum absolute atomic E-state index is 10.6. The third-order valence-electron chi connectivity index (χ3n) is 2.88. The van der Waals surface area contributed by atoms with Crippen LogP contribution in [0.3, 0.4) is 0 Å². The van der Waals surface area contributed by atoms with Crippen molar-refractivity contribution in [1.29, 1.82) is 0 Å². The number of halogens is 1. The summed E-state index contributed by atoms with van der Waals surface area (Å²) in [5, 5.41) is 11.2. The lowest BCUT2D eigenvalue weighted by molar-refractivity contribution is 0.103. The van der Waals surface area contributed by atoms with Crippen molar-refractivity contribution in [2.45, 2.75) is 12.5 Å². The Morgan fingerprint density at radius 3 is 2.41 bits per heavy atom. The molecule has 0 aliphatic rings. The normalized spacial score (nSPS) is 14.3. The van der Waals surface area contributed by atoms with E-state index in [0.717, 1.165) is 5.56 Å². The van der Waals surface area contributed by atoms with Crippen LogP contribution in [0.15, 0.2) is 48.5 Å². The molecule has 0 fully saturated rings. The third kappa shape index (κ3) is 2.28. The van der Waals surface area contributed by atoms with Crippen molar-refractivity contribution in [1.82, 2.24) is 0 Å². The van der Waals surface area contributed by atoms with Crippen molar-refractivity contribution in [3.8, 4) is 0 Å². The second-order valence-electron chi connectivity index (χ2n) is 4.17. The Morgan fingerprint density at radius 2 is 1.76 bits per heavy atom. The minimum atomic E-state index is -1.14. The summed E-state index contributed by atoms with van der Waals surface area (Å²) < 4.78 is 0. The van der Waals surface area contributed by atoms with E-state index >= 15 is 0 Å². The number of hydrogen-bond donors (Lipinski definition) is 2. The van der Waals surface area contributed by atoms with Crippen molar-refractivity contribution in [2.24, 2.45) is 0 Å². The monoisotopic (exact) mass is 247 g/mol. The SMILES string of the molecule is C[C@](O)(c1ccccc1)c1cc(Cl)ccc1N. The largest absolute Gasteiger partial charge is 0.398 e. The van der Waals surface area contributed by atoms with E-state index in [0.29, 0.717) is 16.3 Å². The fraction of sp³-hybridized carbons (Fsp3) is 0.143. The molecule has 0 aliphatic heterocycles. The van der Waals surface area contributed by atoms with Gasteiger partial charge in [-0.1, -0.05) is 41.9 Å². The lowest BCUT2D eigenvalue weighted by atomic mass is 9.87. The van der Waals surface area contributed by atoms with Gasteiger partial charge in [0.15, 0.2) is 0 Å². The fourth-order valence-corrected chi connectivity index (χ4v) is 2.04. The molecule has 0 unspecified atom stereocenters. The zero-order chi connectivity index (χ0) is 12.5. The molecule has 0 radical (unpaired) electrons. The number of rotatable bonds is 2. The highest BCUT2D eigenvalue weighted by Gasteiger charge is 2.27. The van der Waals surface area contributed by atoms with Crippen molar-refractivity contribution in [3.05, 3.63) is 64.7 Å². The second-order valence-corrected chi connectivity index (χ2v) is 4.61. The molecule has 2 aromatic carbocycles. The average Bonchev–Trinajstić information content (AvgIpc) is 2.33. The highest BCUT2D eigenvalue weighted by atomic mass is 35.5. The first-order valence-corrected chi connectivity index (χ1v) is 5.73. The highest BCUT2D eigenvalue weighted by molar-refractivity contribution is 6.30. The molecule has 1 atom stereocenters. The molecule has 88 valence electrons. The van der Waals surface area contributed by atoms with Gasteiger partial charge in [-0.05, 0) is 30.7 Å². The molecule has 2 rings (SSSR count). The van der Waals surface area contributed by atoms with Gasteiger partial charge in [0.25, 0.3) is 0 Å². The van der Waals surface area contributed by atoms with Crippen molar-refractivity contribution in [2.75, 3.05) is 5.73 Å². The van der Waals surface area contributed by atoms with Gasteiger partial charge in [0, 0.05) is 16.3 Å². The number of aliphatic hydroxyl groups is 1. The summed E-state index contributed by atoms with van der Waals surface area (Å²) >= 11 is 5.94. The molecule has 0 heterocycles. The molecule has 0 spiro atoms. The maximum Gasteiger partial charge on any atom is 0.114 e. The van der Waals surface area contributed by atoms with Crippen LogP contribution in [0.25, 0.3) is 0 Å². The third-order valence-corrected chi connectivity index (χ3v) is 3.11. The molecule has 0 saturated carbocycles. The Labute approximate surface area is 106 Å². The van der Waals surface area contributed by atoms with Gasteiger partial charge in [-0.25, -0.2) is 0 Å². The zero-order valence-corrected chi connectivity index (χ0v) is 10.3. The predicted molar refractivity (Wildman–Crippen MR) is 71.0 cm³/mol. The molecule has 0 bridgehead atoms. The minimum absolute atomic E-state index is 0.531. The van der Waals surface area contributed by atoms with Gasteiger partial charge in [-0.3, -0.25) is 0 Å². The number of nitrogens with two attached hydrogens (primary N) is 1. The van der Waals surface area contributed by atoms with Gasteiger partial charge in [0.1, 0.15) is 5.60 Å². The molecule has 0 aliphatic carbocycles. The molecule has 2 aromatic rings. The van der Waals surface area contributed by atoms with Crippen molar-refractivity contribution in [3.63, 3.8) is 0 Å². The average molecular weight is 248 g/mol. The number of anilines is 1. The Morgan fingerprint density at radius 1 is 1.12 bits per heavy atom. The van der Waals surface area contributed by atoms with Crippen LogP contribution in [0.4, 0.5) is 5.69 Å². The van der Waals surface area contributed by atoms with E-state index in [-0.39, 0.29) is 0 Å². The van der Waals surface area contributed by atoms with E-state index in [2.05, 4.69) is 0 Å². The summed E-state index contributed by atoms with van der Waals surface area (Å²) in [5.41, 5.74) is 6.69. The Kier molecular flexibility index (Phi) is 3.09. The van der Waals surface area contributed by atoms with Crippen LogP contribution in [0.5, 0.6) is 0 Å². The van der Waals surface area contributed by atoms with Gasteiger partial charge in [0.2, 0.25) is 0 Å². The molecular formula is C14H14ClNO. The number of benzene rings is 2. The number of hydrogen-bond acceptors (Lipinski definition) is 2. The van der Waals surface area contributed by atoms with Gasteiger partial charge in [-0.15, -0.1) is 0 Å². The van der Waals surface area contributed by atoms with E-state index in [1.54, 1.807) is 25.1 Å². The fourth-order valence-electron chi connectivity index (χ4n) is 1.87. The van der Waals surface area contributed by atoms with Crippen LogP contribution in [0.1, 0.15) is 18.1 Å². The number of nitrogen functional groups attached to an aromatic ring is 1. The van der Waals surface area contributed by atoms with E-state index in [4.69, 9.17) is 17.3 Å². The van der Waals surface area contributed by atoms with E-state index in [1.807, 2.05) is 30.3 Å². The smallest absolute Gasteiger partial charge is 0.114 e. The molecule has 0 amide bonds. The second kappa shape index (κ2) is 4.40. The predicted octanol–water partition coefficient (Wildman–Crippen LogP) is 3.18. The minimum Gasteiger partial charge on any atom is -0.398 e. The summed E-state index contributed by atoms with van der Waals surface area (Å²) in [5.74, 6) is 0. The Hall–Kier alpha value is -1.51. The van der Waals surface area contributed by atoms with Gasteiger partial charge in [-0.2, -0.15) is 0 Å². The summed E-state index contributed by atoms with van der Waals surface area (Å²) in [6.45, 7) is 1.71. The van der Waals surface area contributed by atoms with Crippen LogP contribution >= 0.6 is 11.6 Å². The quantitative estimate of drug-likeness (QED) is 0.801. The standard InChI is InChI=1S/C14H14ClNO/c1-14(17,10-5-3-2-4-6-10)12-9-11(15)7-8-13(12)16/h2-9,17H,16H2,1H3/t14-/m0/s1. The first kappa shape index (κ1) is 12.0. The van der Waals surface area contributed by atoms with Gasteiger partial charge in [0.05, 0.1) is 0 Å². The van der Waals surface area contributed by atoms with E-state index < -0.39 is 5.60 Å². The van der Waals surface area contributed by atoms with Crippen LogP contribution < -0.4 is 5.73 Å². The van der Waals surface area contributed by atoms with Crippen LogP contribution in [-0.2, 0) is 5.60 Å². The molecule has 3 heteroatoms. The topological polar surface area (TPSA) is 46.2 Å². The van der Waals surface area contributed by atoms with E-state index in [9.17, 15) is 5.11 Å². The molecule has 0 aromatic heterocycles. The van der Waals surface area contributed by atoms with Crippen molar-refractivity contribution >= 4 is 17.3 Å². The first-order chi connectivity index (χ1) is 8.01. The summed E-state index contributed by atoms with van der Waals surface area (Å²) in [6.07, 6.45) is 0. The lowest BCUT2D eigenvalue weighted by Crippen LogP contribution is -2.24. The summed E-state index contributed by atoms with van der Waals surface area (Å²) in [7, 11) is 0. The Balaban J connectivity index is 2.55. The Bertz CT molecular complexity index is 523. The maximum atomic E-state index is 10.6. The highest BCUT2D eigenvalue weighted by Crippen LogP contribution is 2.34. The van der Waals surface area contributed by atoms with Crippen LogP contribution in [0, 0.1) is 0 Å². The van der Waals surface area contributed by atoms with Gasteiger partial charge < -0.3 is 10.8 Å². The van der Waals surface area contributed by atoms with Crippen LogP contribution in [0.2, 0.25) is 5.02 Å².